The third-order valence-electron chi connectivity index (χ3n) is 2.70. The minimum absolute atomic E-state index is 0.242. The van der Waals surface area contributed by atoms with Gasteiger partial charge < -0.3 is 10.7 Å². The van der Waals surface area contributed by atoms with Crippen LogP contribution in [0, 0.1) is 6.92 Å². The van der Waals surface area contributed by atoms with Crippen LogP contribution < -0.4 is 16.6 Å². The highest BCUT2D eigenvalue weighted by molar-refractivity contribution is 5.59. The zero-order valence-corrected chi connectivity index (χ0v) is 11.4. The summed E-state index contributed by atoms with van der Waals surface area (Å²) in [6, 6.07) is 9.91. The van der Waals surface area contributed by atoms with E-state index in [0.717, 1.165) is 17.3 Å². The summed E-state index contributed by atoms with van der Waals surface area (Å²) in [7, 11) is 0. The van der Waals surface area contributed by atoms with E-state index in [4.69, 9.17) is 5.84 Å². The molecule has 0 saturated carbocycles. The van der Waals surface area contributed by atoms with Crippen LogP contribution in [0.1, 0.15) is 31.2 Å². The number of nitrogens with one attached hydrogen (secondary N) is 2. The zero-order chi connectivity index (χ0) is 13.8. The molecular formula is C14H19N5. The van der Waals surface area contributed by atoms with E-state index in [1.54, 1.807) is 6.07 Å². The van der Waals surface area contributed by atoms with E-state index in [1.807, 2.05) is 26.0 Å². The number of aromatic nitrogens is 2. The van der Waals surface area contributed by atoms with Crippen LogP contribution in [0.5, 0.6) is 0 Å². The summed E-state index contributed by atoms with van der Waals surface area (Å²) in [4.78, 5) is 8.81. The van der Waals surface area contributed by atoms with Gasteiger partial charge in [0.15, 0.2) is 0 Å². The Morgan fingerprint density at radius 2 is 1.84 bits per heavy atom. The van der Waals surface area contributed by atoms with E-state index >= 15 is 0 Å². The summed E-state index contributed by atoms with van der Waals surface area (Å²) in [6.07, 6.45) is 0. The van der Waals surface area contributed by atoms with Crippen molar-refractivity contribution >= 4 is 17.3 Å². The highest BCUT2D eigenvalue weighted by Gasteiger charge is 2.07. The van der Waals surface area contributed by atoms with E-state index in [-0.39, 0.29) is 5.92 Å². The highest BCUT2D eigenvalue weighted by atomic mass is 15.3. The molecule has 0 bridgehead atoms. The van der Waals surface area contributed by atoms with Crippen LogP contribution in [0.2, 0.25) is 0 Å². The first-order chi connectivity index (χ1) is 9.08. The Kier molecular flexibility index (Phi) is 3.97. The molecule has 4 N–H and O–H groups in total. The third-order valence-corrected chi connectivity index (χ3v) is 2.70. The van der Waals surface area contributed by atoms with Crippen molar-refractivity contribution in [1.29, 1.82) is 0 Å². The summed E-state index contributed by atoms with van der Waals surface area (Å²) in [6.45, 7) is 6.15. The highest BCUT2D eigenvalue weighted by Crippen LogP contribution is 2.20. The van der Waals surface area contributed by atoms with Crippen molar-refractivity contribution < 1.29 is 0 Å². The van der Waals surface area contributed by atoms with Crippen molar-refractivity contribution in [2.75, 3.05) is 10.7 Å². The summed E-state index contributed by atoms with van der Waals surface area (Å²) in [5.74, 6) is 7.77. The molecule has 1 aromatic heterocycles. The Balaban J connectivity index is 2.31. The molecule has 0 saturated heterocycles. The second-order valence-corrected chi connectivity index (χ2v) is 4.79. The zero-order valence-electron chi connectivity index (χ0n) is 11.4. The van der Waals surface area contributed by atoms with Gasteiger partial charge in [0.25, 0.3) is 0 Å². The third kappa shape index (κ3) is 3.42. The molecule has 0 spiro atoms. The Morgan fingerprint density at radius 3 is 2.47 bits per heavy atom. The van der Waals surface area contributed by atoms with E-state index < -0.39 is 0 Å². The molecule has 5 heteroatoms. The van der Waals surface area contributed by atoms with Crippen LogP contribution in [0.25, 0.3) is 0 Å². The Labute approximate surface area is 113 Å². The second-order valence-electron chi connectivity index (χ2n) is 4.79. The van der Waals surface area contributed by atoms with E-state index in [9.17, 15) is 0 Å². The number of benzene rings is 1. The van der Waals surface area contributed by atoms with Gasteiger partial charge in [0.2, 0.25) is 0 Å². The summed E-state index contributed by atoms with van der Waals surface area (Å²) in [5, 5.41) is 3.27. The van der Waals surface area contributed by atoms with Crippen LogP contribution >= 0.6 is 0 Å². The lowest BCUT2D eigenvalue weighted by Crippen LogP contribution is -2.12. The molecule has 0 aliphatic carbocycles. The molecule has 0 aliphatic rings. The molecule has 0 aliphatic heterocycles. The number of nitrogens with zero attached hydrogens (tertiary/aromatic N) is 2. The van der Waals surface area contributed by atoms with E-state index in [2.05, 4.69) is 39.8 Å². The van der Waals surface area contributed by atoms with Crippen molar-refractivity contribution in [3.05, 3.63) is 41.7 Å². The maximum absolute atomic E-state index is 5.44. The number of rotatable bonds is 4. The molecule has 5 nitrogen and oxygen atoms in total. The number of nitrogens with two attached hydrogens (primary N) is 1. The van der Waals surface area contributed by atoms with Gasteiger partial charge in [0.1, 0.15) is 17.5 Å². The van der Waals surface area contributed by atoms with Gasteiger partial charge in [-0.1, -0.05) is 26.0 Å². The quantitative estimate of drug-likeness (QED) is 0.580. The molecule has 0 fully saturated rings. The number of hydrogen-bond acceptors (Lipinski definition) is 5. The van der Waals surface area contributed by atoms with Crippen LogP contribution in [0.3, 0.4) is 0 Å². The number of anilines is 3. The Hall–Kier alpha value is -2.14. The standard InChI is InChI=1S/C14H19N5/c1-9(2)14-17-12(8-13(18-14)19-15)16-11-6-4-5-10(3)7-11/h4-9H,15H2,1-3H3,(H2,16,17,18,19). The Bertz CT molecular complexity index is 566. The molecule has 0 radical (unpaired) electrons. The lowest BCUT2D eigenvalue weighted by molar-refractivity contribution is 0.777. The predicted molar refractivity (Wildman–Crippen MR) is 78.4 cm³/mol. The molecule has 0 unspecified atom stereocenters. The summed E-state index contributed by atoms with van der Waals surface area (Å²) >= 11 is 0. The fraction of sp³-hybridized carbons (Fsp3) is 0.286. The molecule has 0 amide bonds. The minimum Gasteiger partial charge on any atom is -0.340 e. The molecule has 2 aromatic rings. The molecule has 1 heterocycles. The monoisotopic (exact) mass is 257 g/mol. The normalized spacial score (nSPS) is 10.6. The molecule has 1 aromatic carbocycles. The van der Waals surface area contributed by atoms with Crippen LogP contribution in [-0.4, -0.2) is 9.97 Å². The van der Waals surface area contributed by atoms with E-state index in [0.29, 0.717) is 5.82 Å². The predicted octanol–water partition coefficient (Wildman–Crippen LogP) is 2.94. The van der Waals surface area contributed by atoms with Gasteiger partial charge in [0, 0.05) is 17.7 Å². The average molecular weight is 257 g/mol. The van der Waals surface area contributed by atoms with Crippen molar-refractivity contribution in [2.24, 2.45) is 5.84 Å². The van der Waals surface area contributed by atoms with Crippen molar-refractivity contribution in [1.82, 2.24) is 9.97 Å². The van der Waals surface area contributed by atoms with Crippen molar-refractivity contribution in [3.8, 4) is 0 Å². The second kappa shape index (κ2) is 5.67. The van der Waals surface area contributed by atoms with Crippen LogP contribution in [0.15, 0.2) is 30.3 Å². The van der Waals surface area contributed by atoms with Crippen LogP contribution in [0.4, 0.5) is 17.3 Å². The van der Waals surface area contributed by atoms with Crippen LogP contribution in [-0.2, 0) is 0 Å². The Morgan fingerprint density at radius 1 is 1.11 bits per heavy atom. The first kappa shape index (κ1) is 13.3. The van der Waals surface area contributed by atoms with Gasteiger partial charge in [-0.2, -0.15) is 0 Å². The summed E-state index contributed by atoms with van der Waals surface area (Å²) in [5.41, 5.74) is 4.76. The first-order valence-electron chi connectivity index (χ1n) is 6.28. The molecule has 2 rings (SSSR count). The van der Waals surface area contributed by atoms with Crippen molar-refractivity contribution in [3.63, 3.8) is 0 Å². The smallest absolute Gasteiger partial charge is 0.145 e. The molecular weight excluding hydrogens is 238 g/mol. The molecule has 0 atom stereocenters. The van der Waals surface area contributed by atoms with E-state index in [1.165, 1.54) is 5.56 Å². The number of aryl methyl sites for hydroxylation is 1. The van der Waals surface area contributed by atoms with Gasteiger partial charge in [-0.15, -0.1) is 0 Å². The number of hydrogen-bond donors (Lipinski definition) is 3. The van der Waals surface area contributed by atoms with Gasteiger partial charge >= 0.3 is 0 Å². The lowest BCUT2D eigenvalue weighted by Gasteiger charge is -2.11. The lowest BCUT2D eigenvalue weighted by atomic mass is 10.2. The fourth-order valence-electron chi connectivity index (χ4n) is 1.73. The minimum atomic E-state index is 0.242. The fourth-order valence-corrected chi connectivity index (χ4v) is 1.73. The van der Waals surface area contributed by atoms with Crippen molar-refractivity contribution in [2.45, 2.75) is 26.7 Å². The average Bonchev–Trinajstić information content (AvgIpc) is 2.38. The first-order valence-corrected chi connectivity index (χ1v) is 6.28. The maximum Gasteiger partial charge on any atom is 0.145 e. The van der Waals surface area contributed by atoms with Gasteiger partial charge in [-0.3, -0.25) is 0 Å². The number of hydrazine groups is 1. The SMILES string of the molecule is Cc1cccc(Nc2cc(NN)nc(C(C)C)n2)c1. The van der Waals surface area contributed by atoms with Gasteiger partial charge in [0.05, 0.1) is 0 Å². The number of nitrogen functional groups attached to an aromatic ring is 1. The largest absolute Gasteiger partial charge is 0.340 e. The molecule has 100 valence electrons. The molecule has 19 heavy (non-hydrogen) atoms. The van der Waals surface area contributed by atoms with Gasteiger partial charge in [-0.25, -0.2) is 15.8 Å². The summed E-state index contributed by atoms with van der Waals surface area (Å²) < 4.78 is 0. The maximum atomic E-state index is 5.44. The van der Waals surface area contributed by atoms with Gasteiger partial charge in [-0.05, 0) is 24.6 Å². The topological polar surface area (TPSA) is 75.9 Å².